The summed E-state index contributed by atoms with van der Waals surface area (Å²) >= 11 is 1.58. The Kier molecular flexibility index (Phi) is 8.29. The first-order valence-electron chi connectivity index (χ1n) is 12.8. The Hall–Kier alpha value is -2.23. The minimum absolute atomic E-state index is 0.0665. The molecule has 10 heteroatoms. The van der Waals surface area contributed by atoms with Gasteiger partial charge in [0.2, 0.25) is 11.8 Å². The molecule has 1 atom stereocenters. The molecule has 192 valence electrons. The second kappa shape index (κ2) is 11.2. The number of carbonyl (C=O) groups excluding carboxylic acids is 6. The van der Waals surface area contributed by atoms with E-state index in [0.29, 0.717) is 43.2 Å². The van der Waals surface area contributed by atoms with E-state index in [1.807, 2.05) is 0 Å². The molecular formula is C25H34N2O7S. The van der Waals surface area contributed by atoms with Crippen molar-refractivity contribution in [2.45, 2.75) is 82.8 Å². The third-order valence-corrected chi connectivity index (χ3v) is 9.40. The molecule has 2 saturated heterocycles. The zero-order valence-electron chi connectivity index (χ0n) is 20.2. The Morgan fingerprint density at radius 2 is 1.40 bits per heavy atom. The van der Waals surface area contributed by atoms with Crippen molar-refractivity contribution in [3.05, 3.63) is 0 Å². The summed E-state index contributed by atoms with van der Waals surface area (Å²) in [5.74, 6) is -0.231. The molecule has 0 aromatic heterocycles. The number of amides is 4. The SMILES string of the molecule is CC(=O)C1CCC(CSC2CC(=O)N(CC3CCC(C(=O)ON4C(=O)CCC4=O)CC3)C2=O)CC1. The lowest BCUT2D eigenvalue weighted by molar-refractivity contribution is -0.201. The van der Waals surface area contributed by atoms with Gasteiger partial charge in [-0.3, -0.25) is 28.9 Å². The molecule has 4 aliphatic rings. The van der Waals surface area contributed by atoms with Gasteiger partial charge in [-0.05, 0) is 75.9 Å². The molecule has 4 fully saturated rings. The molecule has 4 rings (SSSR count). The molecule has 35 heavy (non-hydrogen) atoms. The average Bonchev–Trinajstić information content (AvgIpc) is 3.30. The van der Waals surface area contributed by atoms with Crippen LogP contribution in [0.5, 0.6) is 0 Å². The second-order valence-corrected chi connectivity index (χ2v) is 11.6. The van der Waals surface area contributed by atoms with E-state index in [2.05, 4.69) is 0 Å². The van der Waals surface area contributed by atoms with E-state index in [4.69, 9.17) is 4.84 Å². The van der Waals surface area contributed by atoms with Crippen LogP contribution in [-0.4, -0.2) is 62.9 Å². The minimum Gasteiger partial charge on any atom is -0.330 e. The molecule has 2 heterocycles. The number of Topliss-reactive ketones (excluding diaryl/α,β-unsaturated/α-hetero) is 1. The molecule has 1 unspecified atom stereocenters. The zero-order valence-corrected chi connectivity index (χ0v) is 21.1. The molecular weight excluding hydrogens is 472 g/mol. The number of rotatable bonds is 8. The fourth-order valence-electron chi connectivity index (χ4n) is 5.62. The van der Waals surface area contributed by atoms with Crippen LogP contribution in [0.4, 0.5) is 0 Å². The summed E-state index contributed by atoms with van der Waals surface area (Å²) in [4.78, 5) is 79.2. The van der Waals surface area contributed by atoms with Gasteiger partial charge in [0.1, 0.15) is 5.78 Å². The van der Waals surface area contributed by atoms with Gasteiger partial charge in [-0.25, -0.2) is 4.79 Å². The summed E-state index contributed by atoms with van der Waals surface area (Å²) in [6.45, 7) is 2.04. The molecule has 9 nitrogen and oxygen atoms in total. The molecule has 0 bridgehead atoms. The second-order valence-electron chi connectivity index (χ2n) is 10.4. The van der Waals surface area contributed by atoms with Gasteiger partial charge in [0, 0.05) is 31.7 Å². The van der Waals surface area contributed by atoms with Crippen molar-refractivity contribution in [3.8, 4) is 0 Å². The Morgan fingerprint density at radius 1 is 0.829 bits per heavy atom. The molecule has 0 spiro atoms. The lowest BCUT2D eigenvalue weighted by atomic mass is 9.81. The topological polar surface area (TPSA) is 118 Å². The van der Waals surface area contributed by atoms with E-state index < -0.39 is 17.8 Å². The van der Waals surface area contributed by atoms with Gasteiger partial charge in [-0.15, -0.1) is 16.8 Å². The zero-order chi connectivity index (χ0) is 25.1. The van der Waals surface area contributed by atoms with Gasteiger partial charge in [0.25, 0.3) is 11.8 Å². The lowest BCUT2D eigenvalue weighted by Gasteiger charge is -2.30. The van der Waals surface area contributed by atoms with Crippen LogP contribution in [-0.2, 0) is 33.6 Å². The van der Waals surface area contributed by atoms with Crippen molar-refractivity contribution in [2.75, 3.05) is 12.3 Å². The van der Waals surface area contributed by atoms with Crippen LogP contribution in [0.1, 0.15) is 77.6 Å². The predicted molar refractivity (Wildman–Crippen MR) is 126 cm³/mol. The number of hydroxylamine groups is 2. The Balaban J connectivity index is 1.19. The summed E-state index contributed by atoms with van der Waals surface area (Å²) in [6.07, 6.45) is 6.65. The smallest absolute Gasteiger partial charge is 0.330 e. The van der Waals surface area contributed by atoms with Crippen LogP contribution >= 0.6 is 11.8 Å². The summed E-state index contributed by atoms with van der Waals surface area (Å²) in [5.41, 5.74) is 0. The largest absolute Gasteiger partial charge is 0.336 e. The summed E-state index contributed by atoms with van der Waals surface area (Å²) < 4.78 is 0. The quantitative estimate of drug-likeness (QED) is 0.461. The molecule has 0 N–H and O–H groups in total. The molecule has 0 aromatic carbocycles. The van der Waals surface area contributed by atoms with E-state index in [9.17, 15) is 28.8 Å². The Morgan fingerprint density at radius 3 is 2.00 bits per heavy atom. The van der Waals surface area contributed by atoms with Gasteiger partial charge < -0.3 is 4.84 Å². The van der Waals surface area contributed by atoms with Crippen LogP contribution in [0.2, 0.25) is 0 Å². The van der Waals surface area contributed by atoms with Crippen molar-refractivity contribution < 1.29 is 33.6 Å². The Labute approximate surface area is 209 Å². The normalized spacial score (nSPS) is 31.9. The predicted octanol–water partition coefficient (Wildman–Crippen LogP) is 2.66. The summed E-state index contributed by atoms with van der Waals surface area (Å²) in [7, 11) is 0. The van der Waals surface area contributed by atoms with Crippen LogP contribution < -0.4 is 0 Å². The third-order valence-electron chi connectivity index (χ3n) is 7.97. The highest BCUT2D eigenvalue weighted by atomic mass is 32.2. The standard InChI is InChI=1S/C25H34N2O7S/c1-15(28)18-6-4-17(5-7-18)14-35-20-12-23(31)26(24(20)32)13-16-2-8-19(9-3-16)25(33)34-27-21(29)10-11-22(27)30/h16-20H,2-14H2,1H3. The number of nitrogens with zero attached hydrogens (tertiary/aromatic N) is 2. The molecule has 0 radical (unpaired) electrons. The van der Waals surface area contributed by atoms with Gasteiger partial charge in [-0.2, -0.15) is 0 Å². The van der Waals surface area contributed by atoms with E-state index in [1.165, 1.54) is 4.90 Å². The molecule has 0 aromatic rings. The number of imide groups is 2. The van der Waals surface area contributed by atoms with E-state index in [1.54, 1.807) is 18.7 Å². The van der Waals surface area contributed by atoms with Crippen molar-refractivity contribution >= 4 is 47.1 Å². The van der Waals surface area contributed by atoms with E-state index in [-0.39, 0.29) is 59.9 Å². The van der Waals surface area contributed by atoms with Crippen molar-refractivity contribution in [1.82, 2.24) is 9.96 Å². The van der Waals surface area contributed by atoms with Crippen molar-refractivity contribution in [3.63, 3.8) is 0 Å². The fourth-order valence-corrected chi connectivity index (χ4v) is 6.99. The molecule has 4 amide bonds. The maximum absolute atomic E-state index is 12.9. The van der Waals surface area contributed by atoms with Crippen molar-refractivity contribution in [1.29, 1.82) is 0 Å². The summed E-state index contributed by atoms with van der Waals surface area (Å²) in [6, 6.07) is 0. The number of carbonyl (C=O) groups is 6. The maximum Gasteiger partial charge on any atom is 0.336 e. The van der Waals surface area contributed by atoms with E-state index >= 15 is 0 Å². The highest BCUT2D eigenvalue weighted by Crippen LogP contribution is 2.36. The Bertz CT molecular complexity index is 874. The number of hydrogen-bond donors (Lipinski definition) is 0. The number of hydrogen-bond acceptors (Lipinski definition) is 8. The fraction of sp³-hybridized carbons (Fsp3) is 0.760. The highest BCUT2D eigenvalue weighted by Gasteiger charge is 2.41. The van der Waals surface area contributed by atoms with Crippen LogP contribution in [0.15, 0.2) is 0 Å². The molecule has 2 saturated carbocycles. The number of likely N-dealkylation sites (tertiary alicyclic amines) is 1. The number of thioether (sulfide) groups is 1. The van der Waals surface area contributed by atoms with Crippen LogP contribution in [0.25, 0.3) is 0 Å². The van der Waals surface area contributed by atoms with Gasteiger partial charge in [-0.1, -0.05) is 0 Å². The van der Waals surface area contributed by atoms with Gasteiger partial charge >= 0.3 is 5.97 Å². The average molecular weight is 507 g/mol. The van der Waals surface area contributed by atoms with Crippen molar-refractivity contribution in [2.24, 2.45) is 23.7 Å². The van der Waals surface area contributed by atoms with Crippen LogP contribution in [0, 0.1) is 23.7 Å². The lowest BCUT2D eigenvalue weighted by Crippen LogP contribution is -2.39. The van der Waals surface area contributed by atoms with Crippen LogP contribution in [0.3, 0.4) is 0 Å². The van der Waals surface area contributed by atoms with Gasteiger partial charge in [0.05, 0.1) is 11.2 Å². The minimum atomic E-state index is -0.561. The molecule has 2 aliphatic heterocycles. The maximum atomic E-state index is 12.9. The first kappa shape index (κ1) is 25.9. The monoisotopic (exact) mass is 506 g/mol. The number of ketones is 1. The third kappa shape index (κ3) is 6.13. The first-order chi connectivity index (χ1) is 16.7. The molecule has 2 aliphatic carbocycles. The first-order valence-corrected chi connectivity index (χ1v) is 13.8. The van der Waals surface area contributed by atoms with Gasteiger partial charge in [0.15, 0.2) is 0 Å². The van der Waals surface area contributed by atoms with E-state index in [0.717, 1.165) is 31.4 Å². The summed E-state index contributed by atoms with van der Waals surface area (Å²) in [5, 5.41) is 0.262. The highest BCUT2D eigenvalue weighted by molar-refractivity contribution is 8.00.